The van der Waals surface area contributed by atoms with Gasteiger partial charge in [0.25, 0.3) is 0 Å². The van der Waals surface area contributed by atoms with Crippen molar-refractivity contribution >= 4 is 9.84 Å². The maximum Gasteiger partial charge on any atom is 0.150 e. The summed E-state index contributed by atoms with van der Waals surface area (Å²) in [6.07, 6.45) is 6.92. The third-order valence-electron chi connectivity index (χ3n) is 4.01. The van der Waals surface area contributed by atoms with Gasteiger partial charge in [0.2, 0.25) is 0 Å². The fourth-order valence-corrected chi connectivity index (χ4v) is 4.17. The molecule has 0 aromatic carbocycles. The zero-order valence-corrected chi connectivity index (χ0v) is 12.2. The Morgan fingerprint density at radius 1 is 1.45 bits per heavy atom. The van der Waals surface area contributed by atoms with E-state index in [1.165, 1.54) is 12.3 Å². The van der Waals surface area contributed by atoms with Crippen LogP contribution >= 0.6 is 0 Å². The zero-order valence-electron chi connectivity index (χ0n) is 11.4. The molecule has 1 saturated carbocycles. The molecule has 1 heterocycles. The molecular formula is C13H20FN3O2S. The number of aromatic nitrogens is 1. The second kappa shape index (κ2) is 6.15. The molecule has 1 aliphatic rings. The van der Waals surface area contributed by atoms with E-state index in [-0.39, 0.29) is 17.2 Å². The Morgan fingerprint density at radius 2 is 2.20 bits per heavy atom. The topological polar surface area (TPSA) is 85.1 Å². The molecule has 1 aliphatic carbocycles. The Bertz CT molecular complexity index is 564. The van der Waals surface area contributed by atoms with Gasteiger partial charge in [0.1, 0.15) is 15.7 Å². The average molecular weight is 301 g/mol. The first kappa shape index (κ1) is 15.3. The molecule has 0 spiro atoms. The number of hydrogen-bond donors (Lipinski definition) is 2. The molecule has 0 bridgehead atoms. The first-order valence-corrected chi connectivity index (χ1v) is 8.62. The largest absolute Gasteiger partial charge is 0.271 e. The number of pyridine rings is 1. The van der Waals surface area contributed by atoms with Gasteiger partial charge < -0.3 is 0 Å². The maximum absolute atomic E-state index is 13.3. The van der Waals surface area contributed by atoms with Crippen LogP contribution in [0.5, 0.6) is 0 Å². The predicted octanol–water partition coefficient (Wildman–Crippen LogP) is 1.33. The second-order valence-electron chi connectivity index (χ2n) is 5.46. The normalized spacial score (nSPS) is 25.4. The summed E-state index contributed by atoms with van der Waals surface area (Å²) in [5.74, 6) is 5.24. The first-order chi connectivity index (χ1) is 9.41. The molecule has 3 atom stereocenters. The standard InChI is InChI=1S/C13H20FN3O2S/c1-20(18,19)12-4-2-3-9(6-12)13(17-15)10-5-11(14)8-16-7-10/h5,7-9,12-13,17H,2-4,6,15H2,1H3. The number of rotatable bonds is 4. The molecule has 0 radical (unpaired) electrons. The van der Waals surface area contributed by atoms with Crippen LogP contribution in [0.4, 0.5) is 4.39 Å². The Hall–Kier alpha value is -1.05. The lowest BCUT2D eigenvalue weighted by Gasteiger charge is -2.33. The van der Waals surface area contributed by atoms with Crippen molar-refractivity contribution in [3.63, 3.8) is 0 Å². The highest BCUT2D eigenvalue weighted by Gasteiger charge is 2.33. The maximum atomic E-state index is 13.3. The Labute approximate surface area is 118 Å². The Balaban J connectivity index is 2.19. The number of nitrogens with one attached hydrogen (secondary N) is 1. The monoisotopic (exact) mass is 301 g/mol. The fourth-order valence-electron chi connectivity index (χ4n) is 2.98. The van der Waals surface area contributed by atoms with E-state index in [2.05, 4.69) is 10.4 Å². The number of nitrogens with two attached hydrogens (primary N) is 1. The van der Waals surface area contributed by atoms with Crippen LogP contribution in [0.15, 0.2) is 18.5 Å². The minimum Gasteiger partial charge on any atom is -0.271 e. The minimum absolute atomic E-state index is 0.0667. The minimum atomic E-state index is -3.05. The lowest BCUT2D eigenvalue weighted by atomic mass is 9.81. The molecule has 0 amide bonds. The van der Waals surface area contributed by atoms with E-state index in [4.69, 9.17) is 5.84 Å². The third-order valence-corrected chi connectivity index (χ3v) is 5.65. The molecule has 0 aliphatic heterocycles. The molecule has 20 heavy (non-hydrogen) atoms. The molecule has 1 aromatic rings. The molecule has 5 nitrogen and oxygen atoms in total. The molecular weight excluding hydrogens is 281 g/mol. The van der Waals surface area contributed by atoms with Crippen LogP contribution < -0.4 is 11.3 Å². The van der Waals surface area contributed by atoms with Gasteiger partial charge in [0.15, 0.2) is 0 Å². The highest BCUT2D eigenvalue weighted by molar-refractivity contribution is 7.91. The number of sulfone groups is 1. The van der Waals surface area contributed by atoms with E-state index in [0.29, 0.717) is 18.4 Å². The van der Waals surface area contributed by atoms with Crippen LogP contribution in [0.2, 0.25) is 0 Å². The van der Waals surface area contributed by atoms with Gasteiger partial charge in [-0.3, -0.25) is 16.3 Å². The fraction of sp³-hybridized carbons (Fsp3) is 0.615. The van der Waals surface area contributed by atoms with Crippen molar-refractivity contribution in [2.75, 3.05) is 6.26 Å². The van der Waals surface area contributed by atoms with E-state index < -0.39 is 15.7 Å². The van der Waals surface area contributed by atoms with Crippen LogP contribution in [0, 0.1) is 11.7 Å². The predicted molar refractivity (Wildman–Crippen MR) is 74.8 cm³/mol. The Kier molecular flexibility index (Phi) is 4.72. The van der Waals surface area contributed by atoms with Crippen molar-refractivity contribution in [3.05, 3.63) is 29.8 Å². The molecule has 2 rings (SSSR count). The van der Waals surface area contributed by atoms with Crippen molar-refractivity contribution in [2.45, 2.75) is 37.0 Å². The lowest BCUT2D eigenvalue weighted by Crippen LogP contribution is -2.38. The summed E-state index contributed by atoms with van der Waals surface area (Å²) in [6, 6.07) is 1.12. The van der Waals surface area contributed by atoms with Crippen LogP contribution in [-0.2, 0) is 9.84 Å². The van der Waals surface area contributed by atoms with E-state index in [1.807, 2.05) is 0 Å². The molecule has 3 unspecified atom stereocenters. The SMILES string of the molecule is CS(=O)(=O)C1CCCC(C(NN)c2cncc(F)c2)C1. The smallest absolute Gasteiger partial charge is 0.150 e. The number of hydrazine groups is 1. The summed E-state index contributed by atoms with van der Waals surface area (Å²) in [5.41, 5.74) is 3.34. The zero-order chi connectivity index (χ0) is 14.8. The summed E-state index contributed by atoms with van der Waals surface area (Å²) in [4.78, 5) is 3.83. The molecule has 112 valence electrons. The van der Waals surface area contributed by atoms with Crippen LogP contribution in [-0.4, -0.2) is 24.9 Å². The van der Waals surface area contributed by atoms with E-state index in [1.54, 1.807) is 6.20 Å². The van der Waals surface area contributed by atoms with Crippen molar-refractivity contribution in [2.24, 2.45) is 11.8 Å². The van der Waals surface area contributed by atoms with Crippen molar-refractivity contribution in [3.8, 4) is 0 Å². The van der Waals surface area contributed by atoms with Gasteiger partial charge in [-0.05, 0) is 36.8 Å². The van der Waals surface area contributed by atoms with Gasteiger partial charge >= 0.3 is 0 Å². The number of hydrogen-bond acceptors (Lipinski definition) is 5. The average Bonchev–Trinajstić information content (AvgIpc) is 2.39. The first-order valence-electron chi connectivity index (χ1n) is 6.67. The molecule has 3 N–H and O–H groups in total. The van der Waals surface area contributed by atoms with E-state index in [9.17, 15) is 12.8 Å². The Morgan fingerprint density at radius 3 is 2.80 bits per heavy atom. The van der Waals surface area contributed by atoms with Crippen molar-refractivity contribution < 1.29 is 12.8 Å². The van der Waals surface area contributed by atoms with Crippen LogP contribution in [0.3, 0.4) is 0 Å². The van der Waals surface area contributed by atoms with Gasteiger partial charge in [0, 0.05) is 12.5 Å². The summed E-state index contributed by atoms with van der Waals surface area (Å²) < 4.78 is 36.7. The van der Waals surface area contributed by atoms with Gasteiger partial charge in [-0.25, -0.2) is 12.8 Å². The summed E-state index contributed by atoms with van der Waals surface area (Å²) in [5, 5.41) is -0.335. The van der Waals surface area contributed by atoms with E-state index in [0.717, 1.165) is 19.0 Å². The van der Waals surface area contributed by atoms with Gasteiger partial charge in [0.05, 0.1) is 17.5 Å². The molecule has 7 heteroatoms. The van der Waals surface area contributed by atoms with Crippen molar-refractivity contribution in [1.82, 2.24) is 10.4 Å². The molecule has 0 saturated heterocycles. The lowest BCUT2D eigenvalue weighted by molar-refractivity contribution is 0.273. The van der Waals surface area contributed by atoms with Crippen LogP contribution in [0.1, 0.15) is 37.3 Å². The van der Waals surface area contributed by atoms with Gasteiger partial charge in [-0.15, -0.1) is 0 Å². The number of halogens is 1. The molecule has 1 aromatic heterocycles. The molecule has 1 fully saturated rings. The summed E-state index contributed by atoms with van der Waals surface area (Å²) >= 11 is 0. The summed E-state index contributed by atoms with van der Waals surface area (Å²) in [6.45, 7) is 0. The van der Waals surface area contributed by atoms with Gasteiger partial charge in [-0.1, -0.05) is 6.42 Å². The quantitative estimate of drug-likeness (QED) is 0.647. The van der Waals surface area contributed by atoms with Crippen molar-refractivity contribution in [1.29, 1.82) is 0 Å². The van der Waals surface area contributed by atoms with Gasteiger partial charge in [-0.2, -0.15) is 0 Å². The highest BCUT2D eigenvalue weighted by atomic mass is 32.2. The van der Waals surface area contributed by atoms with E-state index >= 15 is 0 Å². The third kappa shape index (κ3) is 3.53. The van der Waals surface area contributed by atoms with Crippen LogP contribution in [0.25, 0.3) is 0 Å². The summed E-state index contributed by atoms with van der Waals surface area (Å²) in [7, 11) is -3.05. The number of nitrogens with zero attached hydrogens (tertiary/aromatic N) is 1. The second-order valence-corrected chi connectivity index (χ2v) is 7.78. The highest BCUT2D eigenvalue weighted by Crippen LogP contribution is 2.36.